The van der Waals surface area contributed by atoms with Crippen molar-refractivity contribution >= 4 is 17.7 Å². The van der Waals surface area contributed by atoms with Crippen LogP contribution >= 0.6 is 0 Å². The van der Waals surface area contributed by atoms with E-state index < -0.39 is 11.9 Å². The molecule has 0 aromatic carbocycles. The third-order valence-corrected chi connectivity index (χ3v) is 3.06. The molecule has 2 heterocycles. The molecule has 18 heavy (non-hydrogen) atoms. The molecule has 1 aliphatic heterocycles. The fraction of sp³-hybridized carbons (Fsp3) is 0.417. The van der Waals surface area contributed by atoms with Crippen molar-refractivity contribution in [1.82, 2.24) is 4.98 Å². The number of anilines is 1. The zero-order valence-electron chi connectivity index (χ0n) is 10.1. The molecule has 0 spiro atoms. The first-order valence-corrected chi connectivity index (χ1v) is 5.77. The molecule has 0 bridgehead atoms. The molecule has 1 fully saturated rings. The van der Waals surface area contributed by atoms with E-state index in [0.29, 0.717) is 24.5 Å². The second-order valence-electron chi connectivity index (χ2n) is 4.41. The molecule has 1 amide bonds. The van der Waals surface area contributed by atoms with Crippen LogP contribution < -0.4 is 10.6 Å². The lowest BCUT2D eigenvalue weighted by Crippen LogP contribution is -2.40. The largest absolute Gasteiger partial charge is 0.478 e. The monoisotopic (exact) mass is 249 g/mol. The summed E-state index contributed by atoms with van der Waals surface area (Å²) < 4.78 is 0. The molecule has 1 atom stereocenters. The number of carboxylic acids is 1. The number of carboxylic acid groups (broad SMARTS) is 1. The Bertz CT molecular complexity index is 501. The van der Waals surface area contributed by atoms with Gasteiger partial charge in [-0.1, -0.05) is 0 Å². The fourth-order valence-corrected chi connectivity index (χ4v) is 2.26. The Kier molecular flexibility index (Phi) is 3.18. The second-order valence-corrected chi connectivity index (χ2v) is 4.41. The van der Waals surface area contributed by atoms with Gasteiger partial charge >= 0.3 is 5.97 Å². The molecule has 3 N–H and O–H groups in total. The number of nitrogens with zero attached hydrogens (tertiary/aromatic N) is 2. The van der Waals surface area contributed by atoms with Crippen molar-refractivity contribution in [3.63, 3.8) is 0 Å². The Morgan fingerprint density at radius 3 is 2.83 bits per heavy atom. The molecular weight excluding hydrogens is 234 g/mol. The smallest absolute Gasteiger partial charge is 0.335 e. The molecule has 1 aliphatic rings. The van der Waals surface area contributed by atoms with Crippen molar-refractivity contribution in [3.8, 4) is 0 Å². The number of aryl methyl sites for hydroxylation is 1. The van der Waals surface area contributed by atoms with E-state index in [4.69, 9.17) is 10.8 Å². The number of nitrogens with two attached hydrogens (primary N) is 1. The van der Waals surface area contributed by atoms with Crippen LogP contribution in [0.3, 0.4) is 0 Å². The van der Waals surface area contributed by atoms with Gasteiger partial charge in [0.1, 0.15) is 11.9 Å². The second kappa shape index (κ2) is 4.64. The van der Waals surface area contributed by atoms with E-state index in [0.717, 1.165) is 6.42 Å². The van der Waals surface area contributed by atoms with Crippen LogP contribution in [-0.4, -0.2) is 34.6 Å². The maximum atomic E-state index is 11.3. The van der Waals surface area contributed by atoms with Gasteiger partial charge in [0, 0.05) is 12.2 Å². The highest BCUT2D eigenvalue weighted by molar-refractivity contribution is 5.89. The van der Waals surface area contributed by atoms with Gasteiger partial charge in [0.25, 0.3) is 0 Å². The molecular formula is C12H15N3O3. The normalized spacial score (nSPS) is 18.9. The van der Waals surface area contributed by atoms with Crippen molar-refractivity contribution in [3.05, 3.63) is 23.4 Å². The van der Waals surface area contributed by atoms with E-state index in [-0.39, 0.29) is 11.6 Å². The van der Waals surface area contributed by atoms with E-state index in [2.05, 4.69) is 4.98 Å². The summed E-state index contributed by atoms with van der Waals surface area (Å²) in [6.45, 7) is 2.40. The molecule has 6 heteroatoms. The Morgan fingerprint density at radius 1 is 1.50 bits per heavy atom. The van der Waals surface area contributed by atoms with Gasteiger partial charge in [-0.2, -0.15) is 0 Å². The van der Waals surface area contributed by atoms with Gasteiger partial charge in [-0.05, 0) is 31.9 Å². The molecule has 2 rings (SSSR count). The first kappa shape index (κ1) is 12.3. The molecule has 1 aromatic heterocycles. The van der Waals surface area contributed by atoms with E-state index in [9.17, 15) is 9.59 Å². The highest BCUT2D eigenvalue weighted by atomic mass is 16.4. The predicted octanol–water partition coefficient (Wildman–Crippen LogP) is 0.542. The number of carbonyl (C=O) groups excluding carboxylic acids is 1. The van der Waals surface area contributed by atoms with Crippen molar-refractivity contribution < 1.29 is 14.7 Å². The summed E-state index contributed by atoms with van der Waals surface area (Å²) in [7, 11) is 0. The van der Waals surface area contributed by atoms with Crippen LogP contribution in [0.2, 0.25) is 0 Å². The lowest BCUT2D eigenvalue weighted by Gasteiger charge is -2.23. The van der Waals surface area contributed by atoms with Crippen LogP contribution in [0.1, 0.15) is 28.9 Å². The highest BCUT2D eigenvalue weighted by Crippen LogP contribution is 2.25. The number of amides is 1. The first-order valence-electron chi connectivity index (χ1n) is 5.77. The predicted molar refractivity (Wildman–Crippen MR) is 65.5 cm³/mol. The van der Waals surface area contributed by atoms with Crippen molar-refractivity contribution in [2.24, 2.45) is 5.73 Å². The summed E-state index contributed by atoms with van der Waals surface area (Å²) in [4.78, 5) is 28.4. The van der Waals surface area contributed by atoms with Crippen LogP contribution in [0, 0.1) is 6.92 Å². The lowest BCUT2D eigenvalue weighted by molar-refractivity contribution is -0.119. The van der Waals surface area contributed by atoms with E-state index in [1.54, 1.807) is 11.8 Å². The van der Waals surface area contributed by atoms with Gasteiger partial charge in [0.05, 0.1) is 5.56 Å². The minimum atomic E-state index is -1.00. The van der Waals surface area contributed by atoms with Gasteiger partial charge in [-0.15, -0.1) is 0 Å². The van der Waals surface area contributed by atoms with Crippen molar-refractivity contribution in [2.75, 3.05) is 11.4 Å². The van der Waals surface area contributed by atoms with Gasteiger partial charge in [0.2, 0.25) is 5.91 Å². The van der Waals surface area contributed by atoms with Gasteiger partial charge < -0.3 is 15.7 Å². The number of hydrogen-bond acceptors (Lipinski definition) is 4. The summed E-state index contributed by atoms with van der Waals surface area (Å²) in [6, 6.07) is 2.60. The average Bonchev–Trinajstić information content (AvgIpc) is 2.76. The Morgan fingerprint density at radius 2 is 2.22 bits per heavy atom. The zero-order chi connectivity index (χ0) is 13.3. The number of pyridine rings is 1. The van der Waals surface area contributed by atoms with Crippen molar-refractivity contribution in [2.45, 2.75) is 25.8 Å². The summed E-state index contributed by atoms with van der Waals surface area (Å²) in [5.41, 5.74) is 6.12. The molecule has 1 aromatic rings. The van der Waals surface area contributed by atoms with Crippen LogP contribution in [0.15, 0.2) is 12.1 Å². The Labute approximate surface area is 104 Å². The summed E-state index contributed by atoms with van der Waals surface area (Å²) in [6.07, 6.45) is 1.54. The third-order valence-electron chi connectivity index (χ3n) is 3.06. The van der Waals surface area contributed by atoms with Crippen LogP contribution in [0.5, 0.6) is 0 Å². The van der Waals surface area contributed by atoms with Gasteiger partial charge in [-0.25, -0.2) is 9.78 Å². The molecule has 0 aliphatic carbocycles. The topological polar surface area (TPSA) is 96.5 Å². The van der Waals surface area contributed by atoms with Crippen LogP contribution in [0.25, 0.3) is 0 Å². The SMILES string of the molecule is Cc1cc(C(=O)O)cc(N2CCCC2C(N)=O)n1. The minimum Gasteiger partial charge on any atom is -0.478 e. The maximum Gasteiger partial charge on any atom is 0.335 e. The molecule has 0 radical (unpaired) electrons. The van der Waals surface area contributed by atoms with Crippen molar-refractivity contribution in [1.29, 1.82) is 0 Å². The number of rotatable bonds is 3. The quantitative estimate of drug-likeness (QED) is 0.815. The fourth-order valence-electron chi connectivity index (χ4n) is 2.26. The third kappa shape index (κ3) is 2.27. The van der Waals surface area contributed by atoms with E-state index >= 15 is 0 Å². The summed E-state index contributed by atoms with van der Waals surface area (Å²) in [5.74, 6) is -0.891. The molecule has 0 saturated carbocycles. The molecule has 1 saturated heterocycles. The Balaban J connectivity index is 2.38. The maximum absolute atomic E-state index is 11.3. The number of carbonyl (C=O) groups is 2. The minimum absolute atomic E-state index is 0.174. The number of aromatic carboxylic acids is 1. The number of aromatic nitrogens is 1. The molecule has 1 unspecified atom stereocenters. The number of hydrogen-bond donors (Lipinski definition) is 2. The lowest BCUT2D eigenvalue weighted by atomic mass is 10.2. The average molecular weight is 249 g/mol. The number of primary amides is 1. The summed E-state index contributed by atoms with van der Waals surface area (Å²) >= 11 is 0. The molecule has 96 valence electrons. The first-order chi connectivity index (χ1) is 8.49. The van der Waals surface area contributed by atoms with Crippen LogP contribution in [-0.2, 0) is 4.79 Å². The summed E-state index contributed by atoms with van der Waals surface area (Å²) in [5, 5.41) is 9.01. The highest BCUT2D eigenvalue weighted by Gasteiger charge is 2.30. The van der Waals surface area contributed by atoms with E-state index in [1.807, 2.05) is 0 Å². The van der Waals surface area contributed by atoms with Crippen LogP contribution in [0.4, 0.5) is 5.82 Å². The Hall–Kier alpha value is -2.11. The van der Waals surface area contributed by atoms with E-state index in [1.165, 1.54) is 12.1 Å². The zero-order valence-corrected chi connectivity index (χ0v) is 10.1. The van der Waals surface area contributed by atoms with Gasteiger partial charge in [-0.3, -0.25) is 4.79 Å². The standard InChI is InChI=1S/C12H15N3O3/c1-7-5-8(12(17)18)6-10(14-7)15-4-2-3-9(15)11(13)16/h5-6,9H,2-4H2,1H3,(H2,13,16)(H,17,18). The molecule has 6 nitrogen and oxygen atoms in total. The van der Waals surface area contributed by atoms with Gasteiger partial charge in [0.15, 0.2) is 0 Å².